The highest BCUT2D eigenvalue weighted by Gasteiger charge is 2.22. The fourth-order valence-electron chi connectivity index (χ4n) is 1.44. The molecule has 1 aromatic heterocycles. The van der Waals surface area contributed by atoms with Crippen LogP contribution in [0.4, 0.5) is 10.1 Å². The molecule has 3 N–H and O–H groups in total. The van der Waals surface area contributed by atoms with Crippen LogP contribution in [0.15, 0.2) is 33.8 Å². The lowest BCUT2D eigenvalue weighted by Crippen LogP contribution is -2.13. The van der Waals surface area contributed by atoms with Gasteiger partial charge in [0.2, 0.25) is 5.09 Å². The molecular weight excluding hydrogens is 330 g/mol. The number of sulfonamides is 1. The van der Waals surface area contributed by atoms with Crippen LogP contribution >= 0.6 is 23.2 Å². The first kappa shape index (κ1) is 15.1. The Bertz CT molecular complexity index is 723. The maximum atomic E-state index is 13.0. The number of hydrogen-bond acceptors (Lipinski definition) is 4. The molecule has 0 bridgehead atoms. The molecule has 0 radical (unpaired) electrons. The zero-order valence-corrected chi connectivity index (χ0v) is 12.2. The minimum absolute atomic E-state index is 0.0631. The molecule has 0 unspecified atom stereocenters. The fourth-order valence-corrected chi connectivity index (χ4v) is 3.16. The van der Waals surface area contributed by atoms with E-state index in [1.54, 1.807) is 0 Å². The molecule has 9 heteroatoms. The van der Waals surface area contributed by atoms with Crippen molar-refractivity contribution >= 4 is 38.9 Å². The summed E-state index contributed by atoms with van der Waals surface area (Å²) in [6, 6.07) is 4.57. The summed E-state index contributed by atoms with van der Waals surface area (Å²) in [6.45, 7) is 0.0631. The van der Waals surface area contributed by atoms with Gasteiger partial charge in [-0.05, 0) is 24.3 Å². The van der Waals surface area contributed by atoms with Gasteiger partial charge in [0, 0.05) is 0 Å². The van der Waals surface area contributed by atoms with E-state index >= 15 is 0 Å². The first-order valence-electron chi connectivity index (χ1n) is 5.29. The summed E-state index contributed by atoms with van der Waals surface area (Å²) in [6.07, 6.45) is 0. The second-order valence-corrected chi connectivity index (χ2v) is 6.20. The lowest BCUT2D eigenvalue weighted by atomic mass is 10.3. The molecule has 108 valence electrons. The SMILES string of the molecule is NCc1ccc(S(=O)(=O)Nc2c(Cl)cc(F)cc2Cl)o1. The molecule has 0 saturated carbocycles. The third kappa shape index (κ3) is 3.06. The molecular formula is C11H9Cl2FN2O3S. The van der Waals surface area contributed by atoms with Crippen LogP contribution in [-0.4, -0.2) is 8.42 Å². The van der Waals surface area contributed by atoms with Crippen LogP contribution in [0.25, 0.3) is 0 Å². The molecule has 0 amide bonds. The van der Waals surface area contributed by atoms with Crippen molar-refractivity contribution in [3.05, 3.63) is 45.9 Å². The van der Waals surface area contributed by atoms with E-state index in [4.69, 9.17) is 33.4 Å². The standard InChI is InChI=1S/C11H9Cl2FN2O3S/c12-8-3-6(14)4-9(13)11(8)16-20(17,18)10-2-1-7(5-15)19-10/h1-4,16H,5,15H2. The van der Waals surface area contributed by atoms with Crippen molar-refractivity contribution in [2.45, 2.75) is 11.6 Å². The van der Waals surface area contributed by atoms with Gasteiger partial charge in [0.15, 0.2) is 0 Å². The molecule has 1 heterocycles. The van der Waals surface area contributed by atoms with Crippen LogP contribution in [0, 0.1) is 5.82 Å². The van der Waals surface area contributed by atoms with Crippen molar-refractivity contribution < 1.29 is 17.2 Å². The Morgan fingerprint density at radius 3 is 2.35 bits per heavy atom. The lowest BCUT2D eigenvalue weighted by Gasteiger charge is -2.09. The molecule has 0 aliphatic heterocycles. The van der Waals surface area contributed by atoms with Gasteiger partial charge in [0.05, 0.1) is 22.3 Å². The molecule has 1 aromatic carbocycles. The van der Waals surface area contributed by atoms with Gasteiger partial charge in [0.1, 0.15) is 11.6 Å². The number of furan rings is 1. The van der Waals surface area contributed by atoms with Gasteiger partial charge in [-0.25, -0.2) is 4.39 Å². The predicted molar refractivity (Wildman–Crippen MR) is 73.8 cm³/mol. The van der Waals surface area contributed by atoms with Crippen LogP contribution < -0.4 is 10.5 Å². The Morgan fingerprint density at radius 1 is 1.25 bits per heavy atom. The zero-order valence-electron chi connectivity index (χ0n) is 9.86. The van der Waals surface area contributed by atoms with E-state index in [1.165, 1.54) is 12.1 Å². The quantitative estimate of drug-likeness (QED) is 0.897. The molecule has 20 heavy (non-hydrogen) atoms. The minimum Gasteiger partial charge on any atom is -0.446 e. The van der Waals surface area contributed by atoms with E-state index in [9.17, 15) is 12.8 Å². The maximum Gasteiger partial charge on any atom is 0.295 e. The summed E-state index contributed by atoms with van der Waals surface area (Å²) in [5, 5.41) is -0.664. The fraction of sp³-hybridized carbons (Fsp3) is 0.0909. The zero-order chi connectivity index (χ0) is 14.9. The van der Waals surface area contributed by atoms with Crippen LogP contribution in [0.2, 0.25) is 10.0 Å². The van der Waals surface area contributed by atoms with E-state index < -0.39 is 15.8 Å². The number of nitrogens with two attached hydrogens (primary N) is 1. The highest BCUT2D eigenvalue weighted by atomic mass is 35.5. The van der Waals surface area contributed by atoms with Crippen molar-refractivity contribution in [2.24, 2.45) is 5.73 Å². The summed E-state index contributed by atoms with van der Waals surface area (Å²) in [5.41, 5.74) is 5.21. The Hall–Kier alpha value is -1.28. The molecule has 0 spiro atoms. The third-order valence-corrected chi connectivity index (χ3v) is 4.16. The Morgan fingerprint density at radius 2 is 1.85 bits per heavy atom. The number of hydrogen-bond donors (Lipinski definition) is 2. The summed E-state index contributed by atoms with van der Waals surface area (Å²) >= 11 is 11.5. The van der Waals surface area contributed by atoms with Crippen molar-refractivity contribution in [2.75, 3.05) is 4.72 Å². The normalized spacial score (nSPS) is 11.6. The molecule has 0 saturated heterocycles. The Balaban J connectivity index is 2.38. The van der Waals surface area contributed by atoms with E-state index in [0.29, 0.717) is 5.76 Å². The van der Waals surface area contributed by atoms with Crippen molar-refractivity contribution in [3.63, 3.8) is 0 Å². The van der Waals surface area contributed by atoms with E-state index in [1.807, 2.05) is 0 Å². The average molecular weight is 339 g/mol. The van der Waals surface area contributed by atoms with Gasteiger partial charge in [-0.3, -0.25) is 4.72 Å². The molecule has 0 fully saturated rings. The molecule has 0 aliphatic rings. The highest BCUT2D eigenvalue weighted by Crippen LogP contribution is 2.33. The molecule has 0 atom stereocenters. The summed E-state index contributed by atoms with van der Waals surface area (Å²) < 4.78 is 44.3. The predicted octanol–water partition coefficient (Wildman–Crippen LogP) is 2.99. The number of halogens is 3. The first-order chi connectivity index (χ1) is 9.33. The monoisotopic (exact) mass is 338 g/mol. The van der Waals surface area contributed by atoms with Gasteiger partial charge >= 0.3 is 0 Å². The van der Waals surface area contributed by atoms with Gasteiger partial charge in [0.25, 0.3) is 10.0 Å². The van der Waals surface area contributed by atoms with Gasteiger partial charge in [-0.2, -0.15) is 8.42 Å². The lowest BCUT2D eigenvalue weighted by molar-refractivity contribution is 0.417. The number of rotatable bonds is 4. The van der Waals surface area contributed by atoms with E-state index in [0.717, 1.165) is 12.1 Å². The minimum atomic E-state index is -4.02. The number of anilines is 1. The topological polar surface area (TPSA) is 85.3 Å². The Labute approximate surface area is 124 Å². The molecule has 2 rings (SSSR count). The number of benzene rings is 1. The highest BCUT2D eigenvalue weighted by molar-refractivity contribution is 7.92. The van der Waals surface area contributed by atoms with Crippen molar-refractivity contribution in [1.82, 2.24) is 0 Å². The third-order valence-electron chi connectivity index (χ3n) is 2.35. The Kier molecular flexibility index (Phi) is 4.24. The van der Waals surface area contributed by atoms with Crippen molar-refractivity contribution in [1.29, 1.82) is 0 Å². The molecule has 0 aliphatic carbocycles. The van der Waals surface area contributed by atoms with E-state index in [2.05, 4.69) is 4.72 Å². The average Bonchev–Trinajstić information content (AvgIpc) is 2.83. The first-order valence-corrected chi connectivity index (χ1v) is 7.53. The maximum absolute atomic E-state index is 13.0. The summed E-state index contributed by atoms with van der Waals surface area (Å²) in [4.78, 5) is 0. The molecule has 2 aromatic rings. The second kappa shape index (κ2) is 5.61. The van der Waals surface area contributed by atoms with Crippen LogP contribution in [0.1, 0.15) is 5.76 Å². The largest absolute Gasteiger partial charge is 0.446 e. The van der Waals surface area contributed by atoms with Crippen LogP contribution in [0.3, 0.4) is 0 Å². The summed E-state index contributed by atoms with van der Waals surface area (Å²) in [5.74, 6) is -0.368. The summed E-state index contributed by atoms with van der Waals surface area (Å²) in [7, 11) is -4.02. The second-order valence-electron chi connectivity index (χ2n) is 3.77. The van der Waals surface area contributed by atoms with Crippen molar-refractivity contribution in [3.8, 4) is 0 Å². The molecule has 5 nitrogen and oxygen atoms in total. The van der Waals surface area contributed by atoms with Crippen LogP contribution in [0.5, 0.6) is 0 Å². The van der Waals surface area contributed by atoms with Gasteiger partial charge < -0.3 is 10.2 Å². The van der Waals surface area contributed by atoms with Gasteiger partial charge in [-0.1, -0.05) is 23.2 Å². The van der Waals surface area contributed by atoms with E-state index in [-0.39, 0.29) is 27.4 Å². The number of nitrogens with one attached hydrogen (secondary N) is 1. The van der Waals surface area contributed by atoms with Crippen LogP contribution in [-0.2, 0) is 16.6 Å². The van der Waals surface area contributed by atoms with Gasteiger partial charge in [-0.15, -0.1) is 0 Å². The smallest absolute Gasteiger partial charge is 0.295 e.